The summed E-state index contributed by atoms with van der Waals surface area (Å²) in [5.41, 5.74) is 1.40. The number of rotatable bonds is 9. The van der Waals surface area contributed by atoms with Gasteiger partial charge in [-0.1, -0.05) is 30.3 Å². The largest absolute Gasteiger partial charge is 0.483 e. The summed E-state index contributed by atoms with van der Waals surface area (Å²) in [4.78, 5) is 50.3. The van der Waals surface area contributed by atoms with Crippen molar-refractivity contribution >= 4 is 45.7 Å². The fraction of sp³-hybridized carbons (Fsp3) is 0.200. The molecule has 0 unspecified atom stereocenters. The van der Waals surface area contributed by atoms with Crippen molar-refractivity contribution in [3.63, 3.8) is 0 Å². The summed E-state index contributed by atoms with van der Waals surface area (Å²) in [6.45, 7) is 2.99. The van der Waals surface area contributed by atoms with E-state index >= 15 is 0 Å². The Morgan fingerprint density at radius 1 is 0.914 bits per heavy atom. The second kappa shape index (κ2) is 11.8. The predicted molar refractivity (Wildman–Crippen MR) is 133 cm³/mol. The van der Waals surface area contributed by atoms with E-state index in [4.69, 9.17) is 9.47 Å². The molecule has 2 aromatic carbocycles. The highest BCUT2D eigenvalue weighted by Gasteiger charge is 2.26. The van der Waals surface area contributed by atoms with Gasteiger partial charge in [-0.05, 0) is 43.7 Å². The van der Waals surface area contributed by atoms with Crippen LogP contribution in [0.25, 0.3) is 0 Å². The first kappa shape index (κ1) is 25.4. The van der Waals surface area contributed by atoms with Crippen molar-refractivity contribution in [2.45, 2.75) is 13.8 Å². The lowest BCUT2D eigenvalue weighted by Gasteiger charge is -2.12. The number of carbonyl (C=O) groups is 4. The molecule has 0 aliphatic heterocycles. The minimum Gasteiger partial charge on any atom is -0.483 e. The van der Waals surface area contributed by atoms with Gasteiger partial charge < -0.3 is 25.4 Å². The van der Waals surface area contributed by atoms with Gasteiger partial charge in [-0.3, -0.25) is 14.4 Å². The van der Waals surface area contributed by atoms with Gasteiger partial charge in [0.15, 0.2) is 6.61 Å². The van der Waals surface area contributed by atoms with Gasteiger partial charge in [0.05, 0.1) is 22.6 Å². The van der Waals surface area contributed by atoms with Crippen molar-refractivity contribution < 1.29 is 28.7 Å². The molecule has 3 rings (SSSR count). The third kappa shape index (κ3) is 6.24. The van der Waals surface area contributed by atoms with Crippen LogP contribution >= 0.6 is 11.3 Å². The fourth-order valence-corrected chi connectivity index (χ4v) is 4.34. The maximum absolute atomic E-state index is 12.7. The Hall–Kier alpha value is -4.18. The van der Waals surface area contributed by atoms with Crippen LogP contribution in [0, 0.1) is 6.92 Å². The van der Waals surface area contributed by atoms with Crippen LogP contribution in [-0.4, -0.2) is 44.0 Å². The molecule has 9 nitrogen and oxygen atoms in total. The van der Waals surface area contributed by atoms with E-state index < -0.39 is 18.5 Å². The Labute approximate surface area is 206 Å². The maximum atomic E-state index is 12.7. The summed E-state index contributed by atoms with van der Waals surface area (Å²) in [5, 5.41) is 8.09. The minimum atomic E-state index is -0.643. The van der Waals surface area contributed by atoms with E-state index in [-0.39, 0.29) is 45.2 Å². The van der Waals surface area contributed by atoms with E-state index in [9.17, 15) is 19.2 Å². The van der Waals surface area contributed by atoms with Gasteiger partial charge in [0.25, 0.3) is 17.7 Å². The lowest BCUT2D eigenvalue weighted by molar-refractivity contribution is -0.118. The number of nitrogens with one attached hydrogen (secondary N) is 3. The van der Waals surface area contributed by atoms with Gasteiger partial charge >= 0.3 is 5.97 Å². The first-order valence-corrected chi connectivity index (χ1v) is 11.6. The van der Waals surface area contributed by atoms with Crippen LogP contribution in [0.15, 0.2) is 54.6 Å². The van der Waals surface area contributed by atoms with E-state index in [1.54, 1.807) is 62.4 Å². The van der Waals surface area contributed by atoms with E-state index in [1.807, 2.05) is 6.07 Å². The lowest BCUT2D eigenvalue weighted by Crippen LogP contribution is -2.22. The third-order valence-corrected chi connectivity index (χ3v) is 6.04. The summed E-state index contributed by atoms with van der Waals surface area (Å²) in [6, 6.07) is 15.5. The van der Waals surface area contributed by atoms with Crippen LogP contribution in [0.1, 0.15) is 42.9 Å². The molecule has 0 fully saturated rings. The zero-order valence-corrected chi connectivity index (χ0v) is 20.3. The second-order valence-corrected chi connectivity index (χ2v) is 8.23. The number of benzene rings is 2. The molecule has 0 bridgehead atoms. The number of ether oxygens (including phenoxy) is 2. The number of thiophene rings is 1. The summed E-state index contributed by atoms with van der Waals surface area (Å²) in [5.74, 6) is -1.77. The van der Waals surface area contributed by atoms with Gasteiger partial charge in [0, 0.05) is 12.7 Å². The number of para-hydroxylation sites is 2. The van der Waals surface area contributed by atoms with Gasteiger partial charge in [-0.25, -0.2) is 4.79 Å². The van der Waals surface area contributed by atoms with E-state index in [1.165, 1.54) is 7.05 Å². The number of hydrogen-bond donors (Lipinski definition) is 3. The fourth-order valence-electron chi connectivity index (χ4n) is 3.19. The molecule has 1 aromatic heterocycles. The zero-order valence-electron chi connectivity index (χ0n) is 19.5. The molecule has 0 aliphatic rings. The second-order valence-electron chi connectivity index (χ2n) is 7.21. The normalized spacial score (nSPS) is 10.3. The molecular formula is C25H25N3O6S. The van der Waals surface area contributed by atoms with E-state index in [0.29, 0.717) is 11.3 Å². The van der Waals surface area contributed by atoms with Crippen molar-refractivity contribution in [3.05, 3.63) is 76.2 Å². The molecule has 182 valence electrons. The smallest absolute Gasteiger partial charge is 0.341 e. The summed E-state index contributed by atoms with van der Waals surface area (Å²) in [7, 11) is 1.48. The van der Waals surface area contributed by atoms with Crippen molar-refractivity contribution in [2.75, 3.05) is 30.9 Å². The zero-order chi connectivity index (χ0) is 25.4. The predicted octanol–water partition coefficient (Wildman–Crippen LogP) is 3.86. The van der Waals surface area contributed by atoms with Crippen molar-refractivity contribution in [2.24, 2.45) is 0 Å². The van der Waals surface area contributed by atoms with Crippen molar-refractivity contribution in [3.8, 4) is 5.75 Å². The summed E-state index contributed by atoms with van der Waals surface area (Å²) in [6.07, 6.45) is 0. The quantitative estimate of drug-likeness (QED) is 0.388. The Morgan fingerprint density at radius 3 is 2.29 bits per heavy atom. The van der Waals surface area contributed by atoms with Gasteiger partial charge in [0.1, 0.15) is 10.8 Å². The van der Waals surface area contributed by atoms with Crippen LogP contribution in [0.3, 0.4) is 0 Å². The summed E-state index contributed by atoms with van der Waals surface area (Å²) < 4.78 is 10.7. The first-order valence-electron chi connectivity index (χ1n) is 10.8. The molecule has 3 amide bonds. The molecule has 0 saturated heterocycles. The number of hydrogen-bond acceptors (Lipinski definition) is 7. The molecule has 0 aliphatic carbocycles. The van der Waals surface area contributed by atoms with Crippen molar-refractivity contribution in [1.29, 1.82) is 0 Å². The van der Waals surface area contributed by atoms with Crippen LogP contribution in [0.5, 0.6) is 5.75 Å². The topological polar surface area (TPSA) is 123 Å². The Bertz CT molecular complexity index is 1240. The Balaban J connectivity index is 1.74. The molecule has 0 radical (unpaired) electrons. The van der Waals surface area contributed by atoms with Crippen LogP contribution < -0.4 is 20.7 Å². The highest BCUT2D eigenvalue weighted by atomic mass is 32.1. The highest BCUT2D eigenvalue weighted by Crippen LogP contribution is 2.34. The molecule has 1 heterocycles. The van der Waals surface area contributed by atoms with E-state index in [2.05, 4.69) is 16.0 Å². The minimum absolute atomic E-state index is 0.117. The van der Waals surface area contributed by atoms with Crippen LogP contribution in [0.4, 0.5) is 10.7 Å². The van der Waals surface area contributed by atoms with Crippen LogP contribution in [-0.2, 0) is 9.53 Å². The number of carbonyl (C=O) groups excluding carboxylic acids is 4. The molecule has 0 spiro atoms. The lowest BCUT2D eigenvalue weighted by atomic mass is 10.1. The highest BCUT2D eigenvalue weighted by molar-refractivity contribution is 7.18. The third-order valence-electron chi connectivity index (χ3n) is 4.83. The standard InChI is InChI=1S/C25H25N3O6S/c1-4-33-25(32)20-15(2)21(23(31)26-3)35-24(20)28-19(29)14-34-18-13-9-8-12-17(18)22(30)27-16-10-6-5-7-11-16/h5-13H,4,14H2,1-3H3,(H,26,31)(H,27,30)(H,28,29). The molecule has 3 aromatic rings. The number of esters is 1. The maximum Gasteiger partial charge on any atom is 0.341 e. The van der Waals surface area contributed by atoms with Gasteiger partial charge in [-0.2, -0.15) is 0 Å². The molecule has 3 N–H and O–H groups in total. The monoisotopic (exact) mass is 495 g/mol. The first-order chi connectivity index (χ1) is 16.8. The number of amides is 3. The van der Waals surface area contributed by atoms with E-state index in [0.717, 1.165) is 11.3 Å². The molecule has 0 atom stereocenters. The van der Waals surface area contributed by atoms with Gasteiger partial charge in [0.2, 0.25) is 0 Å². The molecule has 0 saturated carbocycles. The summed E-state index contributed by atoms with van der Waals surface area (Å²) >= 11 is 0.968. The van der Waals surface area contributed by atoms with Crippen molar-refractivity contribution in [1.82, 2.24) is 5.32 Å². The Kier molecular flexibility index (Phi) is 8.58. The number of anilines is 2. The van der Waals surface area contributed by atoms with Crippen LogP contribution in [0.2, 0.25) is 0 Å². The molecule has 35 heavy (non-hydrogen) atoms. The molecular weight excluding hydrogens is 470 g/mol. The molecule has 10 heteroatoms. The average molecular weight is 496 g/mol. The average Bonchev–Trinajstić information content (AvgIpc) is 3.18. The van der Waals surface area contributed by atoms with Gasteiger partial charge in [-0.15, -0.1) is 11.3 Å². The SMILES string of the molecule is CCOC(=O)c1c(NC(=O)COc2ccccc2C(=O)Nc2ccccc2)sc(C(=O)NC)c1C. The Morgan fingerprint density at radius 2 is 1.60 bits per heavy atom.